The molecule has 0 aliphatic carbocycles. The van der Waals surface area contributed by atoms with E-state index in [9.17, 15) is 13.2 Å². The smallest absolute Gasteiger partial charge is 0.166 e. The minimum Gasteiger partial charge on any atom is -0.166 e. The lowest BCUT2D eigenvalue weighted by Crippen LogP contribution is -2.03. The molecular weight excluding hydrogens is 245 g/mol. The molecule has 0 fully saturated rings. The van der Waals surface area contributed by atoms with E-state index in [2.05, 4.69) is 6.07 Å². The van der Waals surface area contributed by atoms with Crippen molar-refractivity contribution >= 4 is 31.5 Å². The van der Waals surface area contributed by atoms with Gasteiger partial charge < -0.3 is 0 Å². The van der Waals surface area contributed by atoms with Gasteiger partial charge in [-0.15, -0.1) is 11.3 Å². The van der Waals surface area contributed by atoms with Crippen LogP contribution in [-0.2, 0) is 6.18 Å². The number of hydrogen-bond acceptors (Lipinski definition) is 1. The maximum Gasteiger partial charge on any atom is 0.416 e. The molecule has 17 heavy (non-hydrogen) atoms. The van der Waals surface area contributed by atoms with E-state index in [1.54, 1.807) is 6.07 Å². The fourth-order valence-electron chi connectivity index (χ4n) is 1.83. The van der Waals surface area contributed by atoms with Crippen LogP contribution in [0.1, 0.15) is 5.56 Å². The van der Waals surface area contributed by atoms with Crippen LogP contribution in [0.5, 0.6) is 0 Å². The van der Waals surface area contributed by atoms with E-state index in [0.29, 0.717) is 4.70 Å². The van der Waals surface area contributed by atoms with Crippen molar-refractivity contribution in [3.63, 3.8) is 0 Å². The Morgan fingerprint density at radius 3 is 2.65 bits per heavy atom. The van der Waals surface area contributed by atoms with E-state index in [4.69, 9.17) is 0 Å². The third-order valence-electron chi connectivity index (χ3n) is 2.63. The fourth-order valence-corrected chi connectivity index (χ4v) is 2.94. The minimum atomic E-state index is -4.28. The Morgan fingerprint density at radius 2 is 1.88 bits per heavy atom. The predicted octanol–water partition coefficient (Wildman–Crippen LogP) is 4.87. The Labute approximate surface area is 99.3 Å². The molecule has 0 aliphatic heterocycles. The van der Waals surface area contributed by atoms with Crippen LogP contribution < -0.4 is 0 Å². The summed E-state index contributed by atoms with van der Waals surface area (Å²) >= 11 is 1.34. The normalized spacial score (nSPS) is 12.4. The van der Waals surface area contributed by atoms with Gasteiger partial charge in [-0.05, 0) is 12.1 Å². The average Bonchev–Trinajstić information content (AvgIpc) is 2.65. The third kappa shape index (κ3) is 1.69. The van der Waals surface area contributed by atoms with Crippen molar-refractivity contribution in [2.45, 2.75) is 6.18 Å². The van der Waals surface area contributed by atoms with Crippen LogP contribution in [0.4, 0.5) is 13.2 Å². The van der Waals surface area contributed by atoms with E-state index in [0.717, 1.165) is 21.5 Å². The molecule has 0 amide bonds. The Balaban J connectivity index is 2.34. The lowest BCUT2D eigenvalue weighted by atomic mass is 10.1. The summed E-state index contributed by atoms with van der Waals surface area (Å²) in [5.41, 5.74) is -0.600. The summed E-state index contributed by atoms with van der Waals surface area (Å²) in [4.78, 5) is 0. The van der Waals surface area contributed by atoms with Crippen LogP contribution in [0.2, 0.25) is 0 Å². The Kier molecular flexibility index (Phi) is 2.16. The van der Waals surface area contributed by atoms with Crippen LogP contribution in [-0.4, -0.2) is 0 Å². The zero-order valence-corrected chi connectivity index (χ0v) is 9.32. The Hall–Kier alpha value is -1.55. The van der Waals surface area contributed by atoms with E-state index in [1.807, 2.05) is 12.1 Å². The summed E-state index contributed by atoms with van der Waals surface area (Å²) in [6.07, 6.45) is -4.28. The van der Waals surface area contributed by atoms with Crippen molar-refractivity contribution in [3.05, 3.63) is 48.0 Å². The number of halogens is 3. The van der Waals surface area contributed by atoms with E-state index >= 15 is 0 Å². The highest BCUT2D eigenvalue weighted by atomic mass is 32.1. The first kappa shape index (κ1) is 10.6. The Morgan fingerprint density at radius 1 is 1.06 bits per heavy atom. The first-order valence-corrected chi connectivity index (χ1v) is 5.77. The van der Waals surface area contributed by atoms with Gasteiger partial charge in [0.2, 0.25) is 0 Å². The third-order valence-corrected chi connectivity index (χ3v) is 3.73. The van der Waals surface area contributed by atoms with Gasteiger partial charge in [-0.3, -0.25) is 0 Å². The molecule has 0 bridgehead atoms. The van der Waals surface area contributed by atoms with Crippen molar-refractivity contribution in [2.75, 3.05) is 0 Å². The summed E-state index contributed by atoms with van der Waals surface area (Å²) in [7, 11) is 0. The Bertz CT molecular complexity index is 695. The maximum atomic E-state index is 12.6. The molecular formula is C13H6F3S. The summed E-state index contributed by atoms with van der Waals surface area (Å²) in [6, 6.07) is 12.4. The second-order valence-electron chi connectivity index (χ2n) is 3.72. The molecule has 0 N–H and O–H groups in total. The van der Waals surface area contributed by atoms with Gasteiger partial charge in [-0.25, -0.2) is 0 Å². The number of benzene rings is 2. The number of fused-ring (bicyclic) bond motifs is 3. The fraction of sp³-hybridized carbons (Fsp3) is 0.0769. The maximum absolute atomic E-state index is 12.6. The number of rotatable bonds is 0. The molecule has 3 rings (SSSR count). The molecule has 1 aromatic heterocycles. The van der Waals surface area contributed by atoms with Crippen LogP contribution in [0, 0.1) is 6.07 Å². The summed E-state index contributed by atoms with van der Waals surface area (Å²) in [6.45, 7) is 0. The molecule has 0 unspecified atom stereocenters. The summed E-state index contributed by atoms with van der Waals surface area (Å²) in [5.74, 6) is 0. The van der Waals surface area contributed by atoms with Gasteiger partial charge in [0, 0.05) is 26.2 Å². The van der Waals surface area contributed by atoms with Gasteiger partial charge in [-0.1, -0.05) is 24.3 Å². The standard InChI is InChI=1S/C13H6F3S/c14-13(15,16)8-5-6-10-9-3-1-2-4-11(9)17-12(10)7-8/h1-3,5-7H. The monoisotopic (exact) mass is 251 g/mol. The molecule has 0 saturated carbocycles. The highest BCUT2D eigenvalue weighted by molar-refractivity contribution is 7.25. The van der Waals surface area contributed by atoms with Crippen LogP contribution in [0.25, 0.3) is 20.2 Å². The van der Waals surface area contributed by atoms with Crippen molar-refractivity contribution < 1.29 is 13.2 Å². The molecule has 85 valence electrons. The highest BCUT2D eigenvalue weighted by Crippen LogP contribution is 2.37. The molecule has 2 aromatic carbocycles. The molecule has 3 aromatic rings. The SMILES string of the molecule is FC(F)(F)c1ccc2c(c1)sc1[c]cccc12. The lowest BCUT2D eigenvalue weighted by molar-refractivity contribution is -0.137. The number of thiophene rings is 1. The second kappa shape index (κ2) is 3.47. The highest BCUT2D eigenvalue weighted by Gasteiger charge is 2.30. The molecule has 0 nitrogen and oxygen atoms in total. The quantitative estimate of drug-likeness (QED) is 0.534. The van der Waals surface area contributed by atoms with Gasteiger partial charge in [0.1, 0.15) is 0 Å². The number of hydrogen-bond donors (Lipinski definition) is 0. The molecule has 1 heterocycles. The van der Waals surface area contributed by atoms with Gasteiger partial charge in [0.25, 0.3) is 0 Å². The first-order chi connectivity index (χ1) is 8.05. The topological polar surface area (TPSA) is 0 Å². The molecule has 0 spiro atoms. The van der Waals surface area contributed by atoms with Gasteiger partial charge in [-0.2, -0.15) is 13.2 Å². The van der Waals surface area contributed by atoms with Crippen molar-refractivity contribution in [3.8, 4) is 0 Å². The van der Waals surface area contributed by atoms with Crippen molar-refractivity contribution in [1.29, 1.82) is 0 Å². The minimum absolute atomic E-state index is 0.600. The molecule has 0 saturated heterocycles. The zero-order valence-electron chi connectivity index (χ0n) is 8.51. The molecule has 1 radical (unpaired) electrons. The first-order valence-electron chi connectivity index (χ1n) is 4.96. The van der Waals surface area contributed by atoms with Crippen LogP contribution in [0.15, 0.2) is 36.4 Å². The average molecular weight is 251 g/mol. The van der Waals surface area contributed by atoms with Crippen molar-refractivity contribution in [2.24, 2.45) is 0 Å². The molecule has 0 aliphatic rings. The molecule has 0 atom stereocenters. The lowest BCUT2D eigenvalue weighted by Gasteiger charge is -2.05. The summed E-state index contributed by atoms with van der Waals surface area (Å²) < 4.78 is 39.2. The van der Waals surface area contributed by atoms with Crippen molar-refractivity contribution in [1.82, 2.24) is 0 Å². The van der Waals surface area contributed by atoms with E-state index < -0.39 is 11.7 Å². The second-order valence-corrected chi connectivity index (χ2v) is 4.78. The van der Waals surface area contributed by atoms with Crippen LogP contribution >= 0.6 is 11.3 Å². The van der Waals surface area contributed by atoms with E-state index in [-0.39, 0.29) is 0 Å². The van der Waals surface area contributed by atoms with E-state index in [1.165, 1.54) is 23.5 Å². The van der Waals surface area contributed by atoms with Crippen LogP contribution in [0.3, 0.4) is 0 Å². The largest absolute Gasteiger partial charge is 0.416 e. The van der Waals surface area contributed by atoms with Gasteiger partial charge >= 0.3 is 6.18 Å². The van der Waals surface area contributed by atoms with Gasteiger partial charge in [0.15, 0.2) is 0 Å². The summed E-state index contributed by atoms with van der Waals surface area (Å²) in [5, 5.41) is 1.82. The predicted molar refractivity (Wildman–Crippen MR) is 63.2 cm³/mol. The molecule has 4 heteroatoms. The van der Waals surface area contributed by atoms with Gasteiger partial charge in [0.05, 0.1) is 5.56 Å². The number of alkyl halides is 3. The zero-order chi connectivity index (χ0) is 12.0.